The van der Waals surface area contributed by atoms with E-state index in [4.69, 9.17) is 6.42 Å². The third kappa shape index (κ3) is 3.15. The molecule has 0 saturated carbocycles. The Kier molecular flexibility index (Phi) is 4.08. The van der Waals surface area contributed by atoms with E-state index < -0.39 is 0 Å². The number of carbonyl (C=O) groups is 1. The Morgan fingerprint density at radius 3 is 3.00 bits per heavy atom. The van der Waals surface area contributed by atoms with Crippen LogP contribution in [0.5, 0.6) is 0 Å². The first-order valence-corrected chi connectivity index (χ1v) is 5.13. The van der Waals surface area contributed by atoms with Gasteiger partial charge in [-0.15, -0.1) is 22.5 Å². The number of hydrogen-bond acceptors (Lipinski definition) is 4. The average molecular weight is 209 g/mol. The van der Waals surface area contributed by atoms with Crippen molar-refractivity contribution in [3.63, 3.8) is 0 Å². The van der Waals surface area contributed by atoms with Gasteiger partial charge in [0.2, 0.25) is 11.0 Å². The van der Waals surface area contributed by atoms with E-state index in [9.17, 15) is 4.79 Å². The quantitative estimate of drug-likeness (QED) is 0.764. The molecule has 1 aromatic rings. The molecule has 0 aliphatic carbocycles. The monoisotopic (exact) mass is 209 g/mol. The van der Waals surface area contributed by atoms with Crippen LogP contribution in [0.25, 0.3) is 0 Å². The van der Waals surface area contributed by atoms with Crippen LogP contribution in [0.2, 0.25) is 0 Å². The van der Waals surface area contributed by atoms with E-state index in [1.807, 2.05) is 6.92 Å². The van der Waals surface area contributed by atoms with Crippen molar-refractivity contribution >= 4 is 22.4 Å². The lowest BCUT2D eigenvalue weighted by Crippen LogP contribution is -2.10. The van der Waals surface area contributed by atoms with E-state index in [0.717, 1.165) is 11.4 Å². The summed E-state index contributed by atoms with van der Waals surface area (Å²) in [4.78, 5) is 11.2. The van der Waals surface area contributed by atoms with Crippen LogP contribution in [0, 0.1) is 12.3 Å². The van der Waals surface area contributed by atoms with Gasteiger partial charge in [0.15, 0.2) is 0 Å². The molecule has 0 aromatic carbocycles. The number of amides is 1. The van der Waals surface area contributed by atoms with E-state index in [1.54, 1.807) is 0 Å². The van der Waals surface area contributed by atoms with Gasteiger partial charge >= 0.3 is 0 Å². The van der Waals surface area contributed by atoms with Crippen molar-refractivity contribution < 1.29 is 4.79 Å². The Labute approximate surface area is 86.7 Å². The van der Waals surface area contributed by atoms with E-state index in [1.165, 1.54) is 11.3 Å². The largest absolute Gasteiger partial charge is 0.300 e. The number of rotatable bonds is 4. The summed E-state index contributed by atoms with van der Waals surface area (Å²) in [7, 11) is 0. The van der Waals surface area contributed by atoms with Gasteiger partial charge < -0.3 is 5.32 Å². The zero-order valence-electron chi connectivity index (χ0n) is 7.91. The molecule has 0 atom stereocenters. The van der Waals surface area contributed by atoms with Crippen LogP contribution in [0.15, 0.2) is 0 Å². The second-order valence-corrected chi connectivity index (χ2v) is 3.67. The lowest BCUT2D eigenvalue weighted by atomic mass is 10.3. The predicted octanol–water partition coefficient (Wildman–Crippen LogP) is 1.45. The molecule has 74 valence electrons. The van der Waals surface area contributed by atoms with Crippen molar-refractivity contribution in [3.8, 4) is 12.3 Å². The van der Waals surface area contributed by atoms with Crippen molar-refractivity contribution in [2.45, 2.75) is 26.2 Å². The SMILES string of the molecule is C#CCCC(=O)Nc1nnc(CC)s1. The summed E-state index contributed by atoms with van der Waals surface area (Å²) >= 11 is 1.39. The summed E-state index contributed by atoms with van der Waals surface area (Å²) in [5, 5.41) is 11.8. The minimum absolute atomic E-state index is 0.109. The first-order valence-electron chi connectivity index (χ1n) is 4.32. The van der Waals surface area contributed by atoms with Crippen molar-refractivity contribution in [2.24, 2.45) is 0 Å². The third-order valence-corrected chi connectivity index (χ3v) is 2.50. The van der Waals surface area contributed by atoms with Crippen LogP contribution in [0.4, 0.5) is 5.13 Å². The van der Waals surface area contributed by atoms with Gasteiger partial charge in [-0.25, -0.2) is 0 Å². The summed E-state index contributed by atoms with van der Waals surface area (Å²) in [6, 6.07) is 0. The van der Waals surface area contributed by atoms with Crippen LogP contribution in [-0.2, 0) is 11.2 Å². The molecule has 0 saturated heterocycles. The molecule has 1 amide bonds. The second-order valence-electron chi connectivity index (χ2n) is 2.61. The molecule has 0 aliphatic heterocycles. The Morgan fingerprint density at radius 2 is 2.43 bits per heavy atom. The summed E-state index contributed by atoms with van der Waals surface area (Å²) in [6.45, 7) is 1.99. The van der Waals surface area contributed by atoms with Crippen molar-refractivity contribution in [1.29, 1.82) is 0 Å². The minimum Gasteiger partial charge on any atom is -0.300 e. The fraction of sp³-hybridized carbons (Fsp3) is 0.444. The van der Waals surface area contributed by atoms with Crippen LogP contribution in [0.3, 0.4) is 0 Å². The smallest absolute Gasteiger partial charge is 0.227 e. The predicted molar refractivity (Wildman–Crippen MR) is 56.0 cm³/mol. The van der Waals surface area contributed by atoms with Crippen molar-refractivity contribution in [3.05, 3.63) is 5.01 Å². The fourth-order valence-electron chi connectivity index (χ4n) is 0.814. The van der Waals surface area contributed by atoms with Gasteiger partial charge in [0.1, 0.15) is 5.01 Å². The van der Waals surface area contributed by atoms with E-state index >= 15 is 0 Å². The highest BCUT2D eigenvalue weighted by atomic mass is 32.1. The number of nitrogens with one attached hydrogen (secondary N) is 1. The molecular formula is C9H11N3OS. The molecule has 0 bridgehead atoms. The fourth-order valence-corrected chi connectivity index (χ4v) is 1.51. The molecule has 0 radical (unpaired) electrons. The number of anilines is 1. The molecule has 4 nitrogen and oxygen atoms in total. The van der Waals surface area contributed by atoms with Gasteiger partial charge in [0.05, 0.1) is 0 Å². The summed E-state index contributed by atoms with van der Waals surface area (Å²) in [5.41, 5.74) is 0. The normalized spacial score (nSPS) is 9.43. The van der Waals surface area contributed by atoms with Gasteiger partial charge in [0.25, 0.3) is 0 Å². The van der Waals surface area contributed by atoms with E-state index in [0.29, 0.717) is 18.0 Å². The molecule has 1 heterocycles. The van der Waals surface area contributed by atoms with Crippen LogP contribution in [0.1, 0.15) is 24.8 Å². The summed E-state index contributed by atoms with van der Waals surface area (Å²) < 4.78 is 0. The summed E-state index contributed by atoms with van der Waals surface area (Å²) in [6.07, 6.45) is 6.65. The van der Waals surface area contributed by atoms with Gasteiger partial charge in [-0.3, -0.25) is 4.79 Å². The minimum atomic E-state index is -0.109. The molecule has 0 spiro atoms. The average Bonchev–Trinajstić information content (AvgIpc) is 2.62. The zero-order valence-corrected chi connectivity index (χ0v) is 8.73. The maximum Gasteiger partial charge on any atom is 0.227 e. The molecule has 1 rings (SSSR count). The third-order valence-electron chi connectivity index (χ3n) is 1.51. The number of nitrogens with zero attached hydrogens (tertiary/aromatic N) is 2. The number of carbonyl (C=O) groups excluding carboxylic acids is 1. The molecule has 0 aliphatic rings. The molecule has 5 heteroatoms. The Morgan fingerprint density at radius 1 is 1.64 bits per heavy atom. The zero-order chi connectivity index (χ0) is 10.4. The van der Waals surface area contributed by atoms with Crippen LogP contribution < -0.4 is 5.32 Å². The highest BCUT2D eigenvalue weighted by molar-refractivity contribution is 7.15. The number of aromatic nitrogens is 2. The molecular weight excluding hydrogens is 198 g/mol. The molecule has 14 heavy (non-hydrogen) atoms. The van der Waals surface area contributed by atoms with Gasteiger partial charge in [0, 0.05) is 12.8 Å². The molecule has 0 fully saturated rings. The maximum atomic E-state index is 11.2. The van der Waals surface area contributed by atoms with Crippen LogP contribution >= 0.6 is 11.3 Å². The van der Waals surface area contributed by atoms with E-state index in [2.05, 4.69) is 21.4 Å². The number of terminal acetylenes is 1. The lowest BCUT2D eigenvalue weighted by Gasteiger charge is -1.96. The first kappa shape index (κ1) is 10.7. The lowest BCUT2D eigenvalue weighted by molar-refractivity contribution is -0.116. The molecule has 1 N–H and O–H groups in total. The van der Waals surface area contributed by atoms with Crippen molar-refractivity contribution in [1.82, 2.24) is 10.2 Å². The topological polar surface area (TPSA) is 54.9 Å². The Balaban J connectivity index is 2.44. The highest BCUT2D eigenvalue weighted by Crippen LogP contribution is 2.15. The van der Waals surface area contributed by atoms with E-state index in [-0.39, 0.29) is 5.91 Å². The Bertz CT molecular complexity index is 353. The highest BCUT2D eigenvalue weighted by Gasteiger charge is 2.05. The van der Waals surface area contributed by atoms with Gasteiger partial charge in [-0.2, -0.15) is 0 Å². The Hall–Kier alpha value is -1.41. The molecule has 1 aromatic heterocycles. The number of aryl methyl sites for hydroxylation is 1. The first-order chi connectivity index (χ1) is 6.76. The van der Waals surface area contributed by atoms with Crippen molar-refractivity contribution in [2.75, 3.05) is 5.32 Å². The van der Waals surface area contributed by atoms with Gasteiger partial charge in [-0.05, 0) is 6.42 Å². The van der Waals surface area contributed by atoms with Crippen LogP contribution in [-0.4, -0.2) is 16.1 Å². The maximum absolute atomic E-state index is 11.2. The van der Waals surface area contributed by atoms with Gasteiger partial charge in [-0.1, -0.05) is 18.3 Å². The summed E-state index contributed by atoms with van der Waals surface area (Å²) in [5.74, 6) is 2.30. The standard InChI is InChI=1S/C9H11N3OS/c1-3-5-6-7(13)10-9-12-11-8(4-2)14-9/h1H,4-6H2,2H3,(H,10,12,13). The second kappa shape index (κ2) is 5.35. The number of hydrogen-bond donors (Lipinski definition) is 1. The molecule has 0 unspecified atom stereocenters.